The van der Waals surface area contributed by atoms with Crippen molar-refractivity contribution in [2.75, 3.05) is 18.6 Å². The highest BCUT2D eigenvalue weighted by Crippen LogP contribution is 2.29. The van der Waals surface area contributed by atoms with Crippen molar-refractivity contribution in [3.05, 3.63) is 30.9 Å². The summed E-state index contributed by atoms with van der Waals surface area (Å²) >= 11 is 0. The number of rotatable bonds is 3. The number of carbonyl (C=O) groups excluding carboxylic acids is 1. The molecule has 0 aromatic carbocycles. The van der Waals surface area contributed by atoms with E-state index in [1.165, 1.54) is 7.11 Å². The van der Waals surface area contributed by atoms with Crippen molar-refractivity contribution in [1.82, 2.24) is 24.6 Å². The smallest absolute Gasteiger partial charge is 0.316 e. The van der Waals surface area contributed by atoms with Crippen molar-refractivity contribution < 1.29 is 9.53 Å². The second kappa shape index (κ2) is 5.83. The van der Waals surface area contributed by atoms with Crippen LogP contribution >= 0.6 is 0 Å². The minimum atomic E-state index is -0.627. The lowest BCUT2D eigenvalue weighted by Gasteiger charge is -2.17. The molecule has 0 radical (unpaired) electrons. The molecule has 0 spiro atoms. The van der Waals surface area contributed by atoms with Crippen LogP contribution in [0, 0.1) is 17.2 Å². The number of nitrogens with zero attached hydrogens (tertiary/aromatic N) is 7. The Labute approximate surface area is 142 Å². The zero-order valence-electron chi connectivity index (χ0n) is 13.3. The highest BCUT2D eigenvalue weighted by Gasteiger charge is 2.34. The summed E-state index contributed by atoms with van der Waals surface area (Å²) in [6.45, 7) is 0.452. The van der Waals surface area contributed by atoms with Crippen LogP contribution in [0.5, 0.6) is 6.01 Å². The Morgan fingerprint density at radius 1 is 1.36 bits per heavy atom. The van der Waals surface area contributed by atoms with E-state index in [0.717, 1.165) is 0 Å². The van der Waals surface area contributed by atoms with Gasteiger partial charge in [-0.05, 0) is 12.5 Å². The van der Waals surface area contributed by atoms with Crippen molar-refractivity contribution >= 4 is 17.2 Å². The van der Waals surface area contributed by atoms with E-state index in [9.17, 15) is 4.79 Å². The molecule has 9 nitrogen and oxygen atoms in total. The van der Waals surface area contributed by atoms with Gasteiger partial charge in [-0.15, -0.1) is 0 Å². The minimum absolute atomic E-state index is 0.235. The van der Waals surface area contributed by atoms with Crippen LogP contribution in [-0.4, -0.2) is 44.1 Å². The third-order valence-corrected chi connectivity index (χ3v) is 4.09. The topological polar surface area (TPSA) is 109 Å². The number of nitriles is 1. The van der Waals surface area contributed by atoms with E-state index in [1.54, 1.807) is 40.3 Å². The van der Waals surface area contributed by atoms with Crippen molar-refractivity contribution in [3.8, 4) is 23.3 Å². The highest BCUT2D eigenvalue weighted by atomic mass is 16.5. The Morgan fingerprint density at radius 2 is 2.16 bits per heavy atom. The molecule has 1 fully saturated rings. The van der Waals surface area contributed by atoms with Gasteiger partial charge in [0, 0.05) is 24.5 Å². The standard InChI is InChI=1S/C16H13N7O2/c1-25-16-18-7-11(8-19-16)12-9-23-13(2-4-20-23)14(21-12)22-5-3-10(6-17)15(22)24/h2,4,7-10H,3,5H2,1H3. The zero-order valence-corrected chi connectivity index (χ0v) is 13.3. The molecule has 1 amide bonds. The van der Waals surface area contributed by atoms with Gasteiger partial charge in [0.15, 0.2) is 5.82 Å². The Hall–Kier alpha value is -3.54. The summed E-state index contributed by atoms with van der Waals surface area (Å²) in [5.41, 5.74) is 1.94. The summed E-state index contributed by atoms with van der Waals surface area (Å²) < 4.78 is 6.61. The van der Waals surface area contributed by atoms with E-state index in [2.05, 4.69) is 20.1 Å². The minimum Gasteiger partial charge on any atom is -0.467 e. The number of hydrogen-bond acceptors (Lipinski definition) is 7. The van der Waals surface area contributed by atoms with Crippen molar-refractivity contribution in [2.24, 2.45) is 5.92 Å². The molecule has 4 rings (SSSR count). The van der Waals surface area contributed by atoms with E-state index >= 15 is 0 Å². The average molecular weight is 335 g/mol. The fraction of sp³-hybridized carbons (Fsp3) is 0.250. The number of anilines is 1. The normalized spacial score (nSPS) is 17.0. The van der Waals surface area contributed by atoms with Gasteiger partial charge in [-0.25, -0.2) is 19.5 Å². The zero-order chi connectivity index (χ0) is 17.4. The monoisotopic (exact) mass is 335 g/mol. The van der Waals surface area contributed by atoms with Crippen LogP contribution in [0.2, 0.25) is 0 Å². The number of fused-ring (bicyclic) bond motifs is 1. The first-order valence-electron chi connectivity index (χ1n) is 7.63. The first-order chi connectivity index (χ1) is 12.2. The first-order valence-corrected chi connectivity index (χ1v) is 7.63. The molecular weight excluding hydrogens is 322 g/mol. The molecule has 0 bridgehead atoms. The third kappa shape index (κ3) is 2.44. The summed E-state index contributed by atoms with van der Waals surface area (Å²) in [6.07, 6.45) is 7.06. The van der Waals surface area contributed by atoms with E-state index in [4.69, 9.17) is 10.00 Å². The maximum absolute atomic E-state index is 12.4. The SMILES string of the molecule is COc1ncc(-c2cn3nccc3c(N3CCC(C#N)C3=O)n2)cn1. The van der Waals surface area contributed by atoms with Crippen LogP contribution in [0.15, 0.2) is 30.9 Å². The van der Waals surface area contributed by atoms with E-state index in [-0.39, 0.29) is 11.9 Å². The number of carbonyl (C=O) groups is 1. The van der Waals surface area contributed by atoms with Crippen molar-refractivity contribution in [3.63, 3.8) is 0 Å². The number of methoxy groups -OCH3 is 1. The molecule has 0 N–H and O–H groups in total. The van der Waals surface area contributed by atoms with Gasteiger partial charge in [0.2, 0.25) is 5.91 Å². The number of amides is 1. The van der Waals surface area contributed by atoms with E-state index in [1.807, 2.05) is 6.07 Å². The summed E-state index contributed by atoms with van der Waals surface area (Å²) in [5, 5.41) is 13.3. The fourth-order valence-corrected chi connectivity index (χ4v) is 2.81. The highest BCUT2D eigenvalue weighted by molar-refractivity contribution is 6.01. The van der Waals surface area contributed by atoms with Gasteiger partial charge in [0.05, 0.1) is 31.3 Å². The van der Waals surface area contributed by atoms with Crippen molar-refractivity contribution in [1.29, 1.82) is 5.26 Å². The van der Waals surface area contributed by atoms with Crippen LogP contribution < -0.4 is 9.64 Å². The lowest BCUT2D eigenvalue weighted by Crippen LogP contribution is -2.28. The van der Waals surface area contributed by atoms with Crippen LogP contribution in [0.1, 0.15) is 6.42 Å². The maximum Gasteiger partial charge on any atom is 0.316 e. The molecule has 3 aromatic rings. The Kier molecular flexibility index (Phi) is 3.50. The summed E-state index contributed by atoms with van der Waals surface area (Å²) in [7, 11) is 1.49. The second-order valence-corrected chi connectivity index (χ2v) is 5.53. The lowest BCUT2D eigenvalue weighted by molar-refractivity contribution is -0.119. The summed E-state index contributed by atoms with van der Waals surface area (Å²) in [5.74, 6) is -0.382. The molecule has 1 aliphatic rings. The molecule has 9 heteroatoms. The molecule has 1 saturated heterocycles. The molecule has 124 valence electrons. The second-order valence-electron chi connectivity index (χ2n) is 5.53. The number of hydrogen-bond donors (Lipinski definition) is 0. The van der Waals surface area contributed by atoms with Gasteiger partial charge in [-0.1, -0.05) is 0 Å². The third-order valence-electron chi connectivity index (χ3n) is 4.09. The molecule has 4 heterocycles. The van der Waals surface area contributed by atoms with Gasteiger partial charge in [-0.3, -0.25) is 9.69 Å². The van der Waals surface area contributed by atoms with Crippen LogP contribution in [0.3, 0.4) is 0 Å². The predicted octanol–water partition coefficient (Wildman–Crippen LogP) is 1.07. The van der Waals surface area contributed by atoms with Gasteiger partial charge in [-0.2, -0.15) is 10.4 Å². The quantitative estimate of drug-likeness (QED) is 0.704. The number of aromatic nitrogens is 5. The molecule has 0 aliphatic carbocycles. The van der Waals surface area contributed by atoms with Gasteiger partial charge in [0.1, 0.15) is 11.4 Å². The largest absolute Gasteiger partial charge is 0.467 e. The Balaban J connectivity index is 1.83. The molecule has 1 unspecified atom stereocenters. The molecule has 3 aromatic heterocycles. The van der Waals surface area contributed by atoms with Crippen LogP contribution in [0.4, 0.5) is 5.82 Å². The summed E-state index contributed by atoms with van der Waals surface area (Å²) in [6, 6.07) is 4.08. The molecule has 25 heavy (non-hydrogen) atoms. The average Bonchev–Trinajstić information content (AvgIpc) is 3.27. The number of ether oxygens (including phenoxy) is 1. The molecule has 1 atom stereocenters. The van der Waals surface area contributed by atoms with Crippen molar-refractivity contribution in [2.45, 2.75) is 6.42 Å². The van der Waals surface area contributed by atoms with Crippen LogP contribution in [0.25, 0.3) is 16.8 Å². The van der Waals surface area contributed by atoms with E-state index < -0.39 is 5.92 Å². The van der Waals surface area contributed by atoms with Gasteiger partial charge < -0.3 is 4.74 Å². The van der Waals surface area contributed by atoms with Gasteiger partial charge in [0.25, 0.3) is 0 Å². The lowest BCUT2D eigenvalue weighted by atomic mass is 10.1. The predicted molar refractivity (Wildman–Crippen MR) is 86.6 cm³/mol. The molecule has 0 saturated carbocycles. The van der Waals surface area contributed by atoms with Crippen LogP contribution in [-0.2, 0) is 4.79 Å². The van der Waals surface area contributed by atoms with E-state index in [0.29, 0.717) is 35.6 Å². The molecular formula is C16H13N7O2. The maximum atomic E-state index is 12.4. The first kappa shape index (κ1) is 15.0. The molecule has 1 aliphatic heterocycles. The Bertz CT molecular complexity index is 990. The fourth-order valence-electron chi connectivity index (χ4n) is 2.81. The Morgan fingerprint density at radius 3 is 2.84 bits per heavy atom. The summed E-state index contributed by atoms with van der Waals surface area (Å²) in [4.78, 5) is 26.7. The van der Waals surface area contributed by atoms with Gasteiger partial charge >= 0.3 is 6.01 Å².